The smallest absolute Gasteiger partial charge is 0.293 e. The van der Waals surface area contributed by atoms with E-state index in [9.17, 15) is 47.9 Å². The van der Waals surface area contributed by atoms with Crippen molar-refractivity contribution >= 4 is 158 Å². The molecule has 0 bridgehead atoms. The molecule has 3 aliphatic rings. The predicted octanol–water partition coefficient (Wildman–Crippen LogP) is 7.58. The molecule has 0 unspecified atom stereocenters. The van der Waals surface area contributed by atoms with E-state index in [2.05, 4.69) is 103 Å². The number of halogens is 6. The average Bonchev–Trinajstić information content (AvgIpc) is 3.99. The molecular weight excluding hydrogens is 1660 g/mol. The maximum atomic E-state index is 11.6. The predicted molar refractivity (Wildman–Crippen MR) is 309 cm³/mol. The van der Waals surface area contributed by atoms with Crippen molar-refractivity contribution in [1.82, 2.24) is 15.2 Å². The number of carbonyl (C=O) groups is 10. The fourth-order valence-electron chi connectivity index (χ4n) is 6.43. The van der Waals surface area contributed by atoms with Gasteiger partial charge < -0.3 is 28.8 Å². The van der Waals surface area contributed by atoms with E-state index < -0.39 is 47.8 Å². The zero-order valence-electron chi connectivity index (χ0n) is 42.5. The second-order valence-corrected chi connectivity index (χ2v) is 32.2. The minimum Gasteiger partial charge on any atom is -0.293 e. The van der Waals surface area contributed by atoms with E-state index in [4.69, 9.17) is 28.8 Å². The fraction of sp³-hybridized carbons (Fsp3) is 0.783. The number of carbonyl (C=O) groups excluding carboxylic acids is 10. The van der Waals surface area contributed by atoms with Crippen LogP contribution in [0.15, 0.2) is 0 Å². The van der Waals surface area contributed by atoms with E-state index in [0.29, 0.717) is 44.4 Å². The van der Waals surface area contributed by atoms with Crippen LogP contribution in [0.3, 0.4) is 0 Å². The number of rotatable bonds is 34. The van der Waals surface area contributed by atoms with Gasteiger partial charge in [-0.1, -0.05) is 132 Å². The molecule has 432 valence electrons. The molecule has 0 aliphatic carbocycles. The summed E-state index contributed by atoms with van der Waals surface area (Å²) < 4.78 is 25.0. The van der Waals surface area contributed by atoms with Crippen LogP contribution in [0.25, 0.3) is 0 Å². The van der Waals surface area contributed by atoms with E-state index in [-0.39, 0.29) is 124 Å². The normalized spacial score (nSPS) is 13.6. The van der Waals surface area contributed by atoms with Crippen molar-refractivity contribution in [2.75, 3.05) is 52.9 Å². The maximum absolute atomic E-state index is 11.6. The summed E-state index contributed by atoms with van der Waals surface area (Å²) in [6.07, 6.45) is 20.1. The molecule has 0 atom stereocenters. The molecule has 0 spiro atoms. The quantitative estimate of drug-likeness (QED) is 0.0214. The number of esters is 2. The molecule has 0 radical (unpaired) electrons. The molecule has 0 aromatic rings. The molecule has 0 aromatic carbocycles. The Morgan fingerprint density at radius 2 is 0.689 bits per heavy atom. The van der Waals surface area contributed by atoms with Crippen LogP contribution >= 0.6 is 98.4 Å². The Hall–Kier alpha value is -0.840. The van der Waals surface area contributed by atoms with Gasteiger partial charge in [0.1, 0.15) is 19.8 Å². The summed E-state index contributed by atoms with van der Waals surface area (Å²) in [6.45, 7) is 5.70. The topological polar surface area (TPSA) is 274 Å². The molecule has 3 rings (SSSR count). The molecule has 3 saturated heterocycles. The van der Waals surface area contributed by atoms with Crippen molar-refractivity contribution in [3.05, 3.63) is 0 Å². The largest absolute Gasteiger partial charge is 0.560 e. The Labute approximate surface area is 505 Å². The molecule has 1 N–H and O–H groups in total. The first-order chi connectivity index (χ1) is 35.2. The summed E-state index contributed by atoms with van der Waals surface area (Å²) in [4.78, 5) is 126. The Bertz CT molecular complexity index is 1500. The Balaban J connectivity index is -0.00000100. The van der Waals surface area contributed by atoms with Gasteiger partial charge in [-0.3, -0.25) is 52.9 Å². The maximum Gasteiger partial charge on any atom is 0.560 e. The molecule has 0 aromatic heterocycles. The van der Waals surface area contributed by atoms with Crippen LogP contribution in [0.5, 0.6) is 0 Å². The number of ether oxygens (including phenoxy) is 5. The van der Waals surface area contributed by atoms with Crippen molar-refractivity contribution in [1.29, 1.82) is 0 Å². The first kappa shape index (κ1) is 77.4. The number of hydrogen-bond acceptors (Lipinski definition) is 19. The van der Waals surface area contributed by atoms with E-state index in [1.165, 1.54) is 83.5 Å². The minimum absolute atomic E-state index is 0. The fourth-order valence-corrected chi connectivity index (χ4v) is 6.43. The van der Waals surface area contributed by atoms with Gasteiger partial charge in [0.2, 0.25) is 0 Å². The van der Waals surface area contributed by atoms with E-state index in [1.54, 1.807) is 0 Å². The monoisotopic (exact) mass is 1740 g/mol. The molecule has 0 saturated carbocycles. The number of amides is 6. The zero-order valence-corrected chi connectivity index (χ0v) is 55.6. The standard InChI is InChI=1S/C21H35NO8.C16H32O4.C9H8N2O7.I3.I2.HI/c1-2-3-4-5-6-7-8-9-10-11-20(25)28-16-14-27-15-17-29-21(26)30-22-18(23)12-13-19(22)24;1-2-3-4-5-6-7-8-9-10-11-16(18)20-15-14-19-13-12-17;12-5-1-2-6(13)10(5)17-9(16)18-11-7(14)3-4-8(11)15;1-3-2;1-2;/h2-17H2,1H3;17H,2-15H2,1H3;1-4H2;;;1H/q;;;-1;;. The number of nitrogens with zero attached hydrogens (tertiary/aromatic N) is 3. The average molecular weight is 1740 g/mol. The summed E-state index contributed by atoms with van der Waals surface area (Å²) in [5, 5.41) is 9.42. The number of imide groups is 3. The van der Waals surface area contributed by atoms with Crippen molar-refractivity contribution in [2.45, 2.75) is 181 Å². The summed E-state index contributed by atoms with van der Waals surface area (Å²) in [7, 11) is 0. The van der Waals surface area contributed by atoms with Crippen molar-refractivity contribution < 1.29 is 105 Å². The summed E-state index contributed by atoms with van der Waals surface area (Å²) in [5.41, 5.74) is 0. The molecule has 6 amide bonds. The van der Waals surface area contributed by atoms with Crippen molar-refractivity contribution in [3.63, 3.8) is 0 Å². The van der Waals surface area contributed by atoms with Crippen LogP contribution in [0.1, 0.15) is 181 Å². The zero-order chi connectivity index (χ0) is 54.9. The molecule has 74 heavy (non-hydrogen) atoms. The number of hydroxylamine groups is 6. The van der Waals surface area contributed by atoms with Gasteiger partial charge in [-0.25, -0.2) is 4.79 Å². The SMILES string of the molecule is CCCCCCCCCCCC(=O)OCCOCCO.CCCCCCCCCCCC(=O)OCCOCCOC(=O)ON1C(=O)CCC1=O.I.II.I[I-]I.O=C(ON1C(=O)CCC1=O)ON1C(=O)CCC1=O. The number of aliphatic hydroxyl groups excluding tert-OH is 1. The van der Waals surface area contributed by atoms with Crippen LogP contribution in [-0.2, 0) is 76.6 Å². The van der Waals surface area contributed by atoms with Gasteiger partial charge in [-0.2, -0.15) is 4.79 Å². The van der Waals surface area contributed by atoms with E-state index >= 15 is 0 Å². The Morgan fingerprint density at radius 3 is 0.986 bits per heavy atom. The third-order valence-corrected chi connectivity index (χ3v) is 10.1. The third-order valence-electron chi connectivity index (χ3n) is 10.1. The van der Waals surface area contributed by atoms with E-state index in [0.717, 1.165) is 32.1 Å². The summed E-state index contributed by atoms with van der Waals surface area (Å²) in [6, 6.07) is 0. The first-order valence-corrected chi connectivity index (χ1v) is 43.5. The molecule has 22 nitrogen and oxygen atoms in total. The molecule has 3 fully saturated rings. The Morgan fingerprint density at radius 1 is 0.432 bits per heavy atom. The summed E-state index contributed by atoms with van der Waals surface area (Å²) in [5.74, 6) is -4.25. The number of aliphatic hydroxyl groups is 1. The third kappa shape index (κ3) is 44.1. The van der Waals surface area contributed by atoms with Crippen molar-refractivity contribution in [3.8, 4) is 0 Å². The van der Waals surface area contributed by atoms with Gasteiger partial charge in [0.25, 0.3) is 35.4 Å². The summed E-state index contributed by atoms with van der Waals surface area (Å²) >= 11 is 9.54. The van der Waals surface area contributed by atoms with Crippen LogP contribution in [0, 0.1) is 0 Å². The molecule has 3 aliphatic heterocycles. The first-order valence-electron chi connectivity index (χ1n) is 24.7. The number of hydrogen-bond donors (Lipinski definition) is 1. The van der Waals surface area contributed by atoms with Crippen LogP contribution < -0.4 is 13.3 Å². The van der Waals surface area contributed by atoms with E-state index in [1.807, 2.05) is 0 Å². The van der Waals surface area contributed by atoms with Gasteiger partial charge in [0.15, 0.2) is 0 Å². The van der Waals surface area contributed by atoms with Crippen molar-refractivity contribution in [2.24, 2.45) is 0 Å². The van der Waals surface area contributed by atoms with Crippen LogP contribution in [0.2, 0.25) is 0 Å². The van der Waals surface area contributed by atoms with Gasteiger partial charge in [-0.15, -0.1) is 24.0 Å². The Kier molecular flexibility index (Phi) is 58.0. The molecule has 28 heteroatoms. The van der Waals surface area contributed by atoms with Gasteiger partial charge in [-0.05, 0) is 12.8 Å². The van der Waals surface area contributed by atoms with Gasteiger partial charge in [0.05, 0.1) is 33.0 Å². The second kappa shape index (κ2) is 55.5. The second-order valence-electron chi connectivity index (χ2n) is 16.0. The number of unbranched alkanes of at least 4 members (excludes halogenated alkanes) is 16. The van der Waals surface area contributed by atoms with Crippen LogP contribution in [0.4, 0.5) is 9.59 Å². The minimum atomic E-state index is -1.48. The molecule has 3 heterocycles. The van der Waals surface area contributed by atoms with Crippen LogP contribution in [-0.4, -0.2) is 133 Å². The van der Waals surface area contributed by atoms with Gasteiger partial charge in [0, 0.05) is 88.6 Å². The van der Waals surface area contributed by atoms with Gasteiger partial charge >= 0.3 is 74.7 Å². The molecular formula is C46H76I6N3O19-.